The summed E-state index contributed by atoms with van der Waals surface area (Å²) in [5.74, 6) is -2.15. The number of fused-ring (bicyclic) bond motifs is 2. The number of carboxylic acids is 1. The molecule has 0 aliphatic carbocycles. The number of nitrogens with one attached hydrogen (secondary N) is 1. The van der Waals surface area contributed by atoms with Crippen molar-refractivity contribution in [1.82, 2.24) is 10.3 Å². The van der Waals surface area contributed by atoms with E-state index in [1.165, 1.54) is 38.5 Å². The van der Waals surface area contributed by atoms with E-state index < -0.39 is 29.1 Å². The molecule has 1 saturated heterocycles. The van der Waals surface area contributed by atoms with Crippen LogP contribution in [0.3, 0.4) is 0 Å². The molecular formula is C26H24N2O7. The van der Waals surface area contributed by atoms with Gasteiger partial charge in [0.15, 0.2) is 11.6 Å². The topological polar surface area (TPSA) is 124 Å². The Labute approximate surface area is 201 Å². The van der Waals surface area contributed by atoms with Gasteiger partial charge in [0.05, 0.1) is 25.3 Å². The van der Waals surface area contributed by atoms with E-state index in [1.54, 1.807) is 12.1 Å². The van der Waals surface area contributed by atoms with E-state index in [9.17, 15) is 19.5 Å². The number of methoxy groups -OCH3 is 2. The molecule has 180 valence electrons. The standard InChI is InChI=1S/C26H24N2O7/c1-33-19-5-3-4-15-20(34-2)13-17(28-22(15)19)24(30)21-23(29)16-12-14(25(31)32)6-7-18(16)35-26(21)8-10-27-11-9-26/h3-7,12-13,21,27H,8-11H2,1-2H3,(H,31,32)/t21-/m1/s1. The summed E-state index contributed by atoms with van der Waals surface area (Å²) in [5.41, 5.74) is -0.547. The van der Waals surface area contributed by atoms with Crippen LogP contribution >= 0.6 is 0 Å². The summed E-state index contributed by atoms with van der Waals surface area (Å²) in [5, 5.41) is 13.3. The number of aromatic carboxylic acids is 1. The van der Waals surface area contributed by atoms with Gasteiger partial charge in [-0.2, -0.15) is 0 Å². The smallest absolute Gasteiger partial charge is 0.335 e. The molecule has 2 aromatic carbocycles. The van der Waals surface area contributed by atoms with Crippen LogP contribution in [0, 0.1) is 5.92 Å². The summed E-state index contributed by atoms with van der Waals surface area (Å²) < 4.78 is 17.3. The predicted octanol–water partition coefficient (Wildman–Crippen LogP) is 3.15. The number of carboxylic acid groups (broad SMARTS) is 1. The van der Waals surface area contributed by atoms with Crippen molar-refractivity contribution in [2.75, 3.05) is 27.3 Å². The molecule has 0 amide bonds. The Bertz CT molecular complexity index is 1360. The number of hydrogen-bond acceptors (Lipinski definition) is 8. The monoisotopic (exact) mass is 476 g/mol. The number of para-hydroxylation sites is 1. The first kappa shape index (κ1) is 22.8. The highest BCUT2D eigenvalue weighted by atomic mass is 16.5. The average molecular weight is 476 g/mol. The van der Waals surface area contributed by atoms with Crippen LogP contribution in [0.25, 0.3) is 10.9 Å². The Hall–Kier alpha value is -3.98. The highest BCUT2D eigenvalue weighted by Gasteiger charge is 2.54. The molecule has 2 N–H and O–H groups in total. The first-order chi connectivity index (χ1) is 16.9. The van der Waals surface area contributed by atoms with Crippen molar-refractivity contribution in [3.63, 3.8) is 0 Å². The van der Waals surface area contributed by atoms with Crippen molar-refractivity contribution < 1.29 is 33.7 Å². The highest BCUT2D eigenvalue weighted by molar-refractivity contribution is 6.19. The van der Waals surface area contributed by atoms with E-state index in [0.29, 0.717) is 48.3 Å². The number of ketones is 2. The lowest BCUT2D eigenvalue weighted by molar-refractivity contribution is -0.0140. The van der Waals surface area contributed by atoms with E-state index in [1.807, 2.05) is 6.07 Å². The fourth-order valence-electron chi connectivity index (χ4n) is 5.01. The van der Waals surface area contributed by atoms with Gasteiger partial charge in [0.1, 0.15) is 40.0 Å². The molecule has 2 aliphatic rings. The van der Waals surface area contributed by atoms with E-state index >= 15 is 0 Å². The SMILES string of the molecule is COc1cc(C(=O)[C@H]2C(=O)c3cc(C(=O)O)ccc3OC23CCNCC3)nc2c(OC)cccc12. The molecule has 35 heavy (non-hydrogen) atoms. The third-order valence-corrected chi connectivity index (χ3v) is 6.76. The number of pyridine rings is 1. The maximum atomic E-state index is 14.0. The first-order valence-electron chi connectivity index (χ1n) is 11.3. The molecule has 0 bridgehead atoms. The van der Waals surface area contributed by atoms with Gasteiger partial charge in [0, 0.05) is 24.3 Å². The van der Waals surface area contributed by atoms with Crippen molar-refractivity contribution in [3.05, 3.63) is 59.3 Å². The van der Waals surface area contributed by atoms with Crippen LogP contribution in [0.5, 0.6) is 17.2 Å². The Kier molecular flexibility index (Phi) is 5.64. The fourth-order valence-corrected chi connectivity index (χ4v) is 5.01. The van der Waals surface area contributed by atoms with E-state index in [4.69, 9.17) is 14.2 Å². The van der Waals surface area contributed by atoms with E-state index in [2.05, 4.69) is 10.3 Å². The van der Waals surface area contributed by atoms with Crippen molar-refractivity contribution in [1.29, 1.82) is 0 Å². The average Bonchev–Trinajstić information content (AvgIpc) is 2.87. The van der Waals surface area contributed by atoms with Crippen LogP contribution in [0.2, 0.25) is 0 Å². The molecule has 1 atom stereocenters. The number of piperidine rings is 1. The number of carbonyl (C=O) groups is 3. The first-order valence-corrected chi connectivity index (χ1v) is 11.3. The molecule has 9 heteroatoms. The molecule has 2 aliphatic heterocycles. The van der Waals surface area contributed by atoms with Crippen molar-refractivity contribution in [2.24, 2.45) is 5.92 Å². The van der Waals surface area contributed by atoms with Gasteiger partial charge in [0.2, 0.25) is 0 Å². The summed E-state index contributed by atoms with van der Waals surface area (Å²) in [6, 6.07) is 11.0. The number of ether oxygens (including phenoxy) is 3. The second kappa shape index (κ2) is 8.66. The van der Waals surface area contributed by atoms with Gasteiger partial charge in [-0.3, -0.25) is 9.59 Å². The van der Waals surface area contributed by atoms with Gasteiger partial charge in [-0.15, -0.1) is 0 Å². The number of Topliss-reactive ketones (excluding diaryl/α,β-unsaturated/α-hetero) is 2. The molecule has 1 aromatic heterocycles. The van der Waals surface area contributed by atoms with Gasteiger partial charge >= 0.3 is 5.97 Å². The minimum atomic E-state index is -1.19. The Balaban J connectivity index is 1.67. The lowest BCUT2D eigenvalue weighted by atomic mass is 9.71. The number of aromatic nitrogens is 1. The summed E-state index contributed by atoms with van der Waals surface area (Å²) >= 11 is 0. The molecule has 3 aromatic rings. The van der Waals surface area contributed by atoms with Crippen molar-refractivity contribution >= 4 is 28.4 Å². The second-order valence-corrected chi connectivity index (χ2v) is 8.66. The molecule has 5 rings (SSSR count). The fraction of sp³-hybridized carbons (Fsp3) is 0.308. The van der Waals surface area contributed by atoms with Crippen LogP contribution in [0.15, 0.2) is 42.5 Å². The van der Waals surface area contributed by atoms with Crippen LogP contribution in [-0.4, -0.2) is 60.5 Å². The third kappa shape index (κ3) is 3.68. The van der Waals surface area contributed by atoms with E-state index in [0.717, 1.165) is 0 Å². The molecule has 0 saturated carbocycles. The van der Waals surface area contributed by atoms with Crippen LogP contribution < -0.4 is 19.5 Å². The zero-order valence-corrected chi connectivity index (χ0v) is 19.3. The van der Waals surface area contributed by atoms with Gasteiger partial charge in [0.25, 0.3) is 0 Å². The number of carbonyl (C=O) groups excluding carboxylic acids is 2. The van der Waals surface area contributed by atoms with Crippen LogP contribution in [0.1, 0.15) is 44.0 Å². The third-order valence-electron chi connectivity index (χ3n) is 6.76. The summed E-state index contributed by atoms with van der Waals surface area (Å²) in [7, 11) is 3.01. The minimum absolute atomic E-state index is 0.0524. The molecule has 0 radical (unpaired) electrons. The maximum absolute atomic E-state index is 14.0. The number of benzene rings is 2. The minimum Gasteiger partial charge on any atom is -0.496 e. The molecular weight excluding hydrogens is 452 g/mol. The van der Waals surface area contributed by atoms with Crippen molar-refractivity contribution in [3.8, 4) is 17.2 Å². The lowest BCUT2D eigenvalue weighted by Crippen LogP contribution is -2.58. The number of hydrogen-bond donors (Lipinski definition) is 2. The van der Waals surface area contributed by atoms with Gasteiger partial charge in [-0.25, -0.2) is 9.78 Å². The molecule has 1 spiro atoms. The Morgan fingerprint density at radius 3 is 2.51 bits per heavy atom. The highest BCUT2D eigenvalue weighted by Crippen LogP contribution is 2.44. The van der Waals surface area contributed by atoms with Crippen molar-refractivity contribution in [2.45, 2.75) is 18.4 Å². The predicted molar refractivity (Wildman–Crippen MR) is 126 cm³/mol. The number of rotatable bonds is 5. The zero-order valence-electron chi connectivity index (χ0n) is 19.3. The Morgan fingerprint density at radius 2 is 1.83 bits per heavy atom. The normalized spacial score (nSPS) is 18.6. The Morgan fingerprint density at radius 1 is 1.09 bits per heavy atom. The molecule has 3 heterocycles. The van der Waals surface area contributed by atoms with Crippen LogP contribution in [0.4, 0.5) is 0 Å². The van der Waals surface area contributed by atoms with Crippen LogP contribution in [-0.2, 0) is 0 Å². The summed E-state index contributed by atoms with van der Waals surface area (Å²) in [6.45, 7) is 1.14. The molecule has 0 unspecified atom stereocenters. The van der Waals surface area contributed by atoms with Gasteiger partial charge in [-0.05, 0) is 43.4 Å². The van der Waals surface area contributed by atoms with Gasteiger partial charge in [-0.1, -0.05) is 6.07 Å². The zero-order chi connectivity index (χ0) is 24.7. The largest absolute Gasteiger partial charge is 0.496 e. The maximum Gasteiger partial charge on any atom is 0.335 e. The number of nitrogens with zero attached hydrogens (tertiary/aromatic N) is 1. The molecule has 9 nitrogen and oxygen atoms in total. The van der Waals surface area contributed by atoms with E-state index in [-0.39, 0.29) is 22.6 Å². The second-order valence-electron chi connectivity index (χ2n) is 8.66. The summed E-state index contributed by atoms with van der Waals surface area (Å²) in [4.78, 5) is 43.9. The summed E-state index contributed by atoms with van der Waals surface area (Å²) in [6.07, 6.45) is 0.868. The lowest BCUT2D eigenvalue weighted by Gasteiger charge is -2.45. The molecule has 1 fully saturated rings. The van der Waals surface area contributed by atoms with Gasteiger partial charge < -0.3 is 24.6 Å². The quantitative estimate of drug-likeness (QED) is 0.422.